The summed E-state index contributed by atoms with van der Waals surface area (Å²) in [6, 6.07) is 4.15. The SMILES string of the molecule is CN(CCNS(=O)(=O)c1ccc(CCN)s1)C1CC1. The number of likely N-dealkylation sites (N-methyl/N-ethyl adjacent to an activating group) is 1. The van der Waals surface area contributed by atoms with Gasteiger partial charge in [-0.2, -0.15) is 0 Å². The van der Waals surface area contributed by atoms with Crippen molar-refractivity contribution in [2.24, 2.45) is 5.73 Å². The summed E-state index contributed by atoms with van der Waals surface area (Å²) in [5.74, 6) is 0. The highest BCUT2D eigenvalue weighted by molar-refractivity contribution is 7.91. The van der Waals surface area contributed by atoms with E-state index in [1.165, 1.54) is 24.2 Å². The van der Waals surface area contributed by atoms with Gasteiger partial charge in [0.1, 0.15) is 4.21 Å². The molecule has 108 valence electrons. The standard InChI is InChI=1S/C12H21N3O2S2/c1-15(10-2-3-10)9-8-14-19(16,17)12-5-4-11(18-12)6-7-13/h4-5,10,14H,2-3,6-9,13H2,1H3. The van der Waals surface area contributed by atoms with Crippen molar-refractivity contribution in [3.63, 3.8) is 0 Å². The molecule has 1 heterocycles. The fraction of sp³-hybridized carbons (Fsp3) is 0.667. The van der Waals surface area contributed by atoms with E-state index in [4.69, 9.17) is 5.73 Å². The Morgan fingerprint density at radius 2 is 2.21 bits per heavy atom. The lowest BCUT2D eigenvalue weighted by molar-refractivity contribution is 0.329. The molecule has 1 aromatic rings. The molecule has 7 heteroatoms. The predicted molar refractivity (Wildman–Crippen MR) is 77.9 cm³/mol. The van der Waals surface area contributed by atoms with E-state index >= 15 is 0 Å². The predicted octanol–water partition coefficient (Wildman–Crippen LogP) is 0.622. The van der Waals surface area contributed by atoms with Gasteiger partial charge in [0.2, 0.25) is 10.0 Å². The van der Waals surface area contributed by atoms with Crippen LogP contribution in [-0.4, -0.2) is 46.0 Å². The Morgan fingerprint density at radius 3 is 2.84 bits per heavy atom. The Labute approximate surface area is 118 Å². The fourth-order valence-corrected chi connectivity index (χ4v) is 4.34. The summed E-state index contributed by atoms with van der Waals surface area (Å²) in [7, 11) is -1.32. The smallest absolute Gasteiger partial charge is 0.250 e. The second kappa shape index (κ2) is 6.32. The third-order valence-corrected chi connectivity index (χ3v) is 6.32. The van der Waals surface area contributed by atoms with Gasteiger partial charge >= 0.3 is 0 Å². The topological polar surface area (TPSA) is 75.4 Å². The van der Waals surface area contributed by atoms with Crippen molar-refractivity contribution in [3.8, 4) is 0 Å². The number of rotatable bonds is 8. The lowest BCUT2D eigenvalue weighted by atomic mass is 10.3. The van der Waals surface area contributed by atoms with Gasteiger partial charge in [-0.1, -0.05) is 0 Å². The van der Waals surface area contributed by atoms with Gasteiger partial charge in [-0.3, -0.25) is 0 Å². The number of hydrogen-bond donors (Lipinski definition) is 2. The summed E-state index contributed by atoms with van der Waals surface area (Å²) < 4.78 is 27.2. The molecule has 0 radical (unpaired) electrons. The van der Waals surface area contributed by atoms with Crippen LogP contribution in [0.3, 0.4) is 0 Å². The van der Waals surface area contributed by atoms with Crippen LogP contribution in [0.1, 0.15) is 17.7 Å². The maximum Gasteiger partial charge on any atom is 0.250 e. The largest absolute Gasteiger partial charge is 0.330 e. The zero-order chi connectivity index (χ0) is 13.9. The third-order valence-electron chi connectivity index (χ3n) is 3.22. The van der Waals surface area contributed by atoms with Crippen molar-refractivity contribution in [2.75, 3.05) is 26.7 Å². The number of hydrogen-bond acceptors (Lipinski definition) is 5. The van der Waals surface area contributed by atoms with Crippen LogP contribution in [0, 0.1) is 0 Å². The Hall–Kier alpha value is -0.470. The van der Waals surface area contributed by atoms with Crippen LogP contribution in [-0.2, 0) is 16.4 Å². The van der Waals surface area contributed by atoms with Crippen molar-refractivity contribution in [3.05, 3.63) is 17.0 Å². The van der Waals surface area contributed by atoms with E-state index < -0.39 is 10.0 Å². The highest BCUT2D eigenvalue weighted by atomic mass is 32.2. The van der Waals surface area contributed by atoms with Gasteiger partial charge in [0, 0.05) is 24.0 Å². The molecular weight excluding hydrogens is 282 g/mol. The van der Waals surface area contributed by atoms with E-state index in [0.29, 0.717) is 23.3 Å². The molecule has 5 nitrogen and oxygen atoms in total. The molecule has 0 atom stereocenters. The second-order valence-electron chi connectivity index (χ2n) is 4.87. The summed E-state index contributed by atoms with van der Waals surface area (Å²) in [4.78, 5) is 3.22. The average Bonchev–Trinajstić information content (AvgIpc) is 3.09. The molecule has 0 bridgehead atoms. The number of nitrogens with zero attached hydrogens (tertiary/aromatic N) is 1. The highest BCUT2D eigenvalue weighted by Gasteiger charge is 2.26. The Balaban J connectivity index is 1.85. The highest BCUT2D eigenvalue weighted by Crippen LogP contribution is 2.25. The van der Waals surface area contributed by atoms with Gasteiger partial charge in [-0.25, -0.2) is 13.1 Å². The van der Waals surface area contributed by atoms with Crippen molar-refractivity contribution < 1.29 is 8.42 Å². The lowest BCUT2D eigenvalue weighted by Crippen LogP contribution is -2.33. The quantitative estimate of drug-likeness (QED) is 0.738. The molecular formula is C12H21N3O2S2. The molecule has 1 aliphatic carbocycles. The first-order chi connectivity index (χ1) is 9.03. The molecule has 1 aliphatic rings. The first kappa shape index (κ1) is 14.9. The molecule has 0 aliphatic heterocycles. The normalized spacial score (nSPS) is 16.2. The molecule has 0 aromatic carbocycles. The molecule has 3 N–H and O–H groups in total. The van der Waals surface area contributed by atoms with Crippen molar-refractivity contribution in [2.45, 2.75) is 29.5 Å². The number of nitrogens with one attached hydrogen (secondary N) is 1. The zero-order valence-electron chi connectivity index (χ0n) is 11.1. The van der Waals surface area contributed by atoms with Crippen LogP contribution >= 0.6 is 11.3 Å². The van der Waals surface area contributed by atoms with Crippen LogP contribution in [0.5, 0.6) is 0 Å². The van der Waals surface area contributed by atoms with Crippen molar-refractivity contribution in [1.29, 1.82) is 0 Å². The Morgan fingerprint density at radius 1 is 1.47 bits per heavy atom. The molecule has 1 fully saturated rings. The van der Waals surface area contributed by atoms with E-state index in [0.717, 1.165) is 17.8 Å². The minimum absolute atomic E-state index is 0.380. The summed E-state index contributed by atoms with van der Waals surface area (Å²) in [6.45, 7) is 1.75. The Kier molecular flexibility index (Phi) is 4.97. The van der Waals surface area contributed by atoms with Crippen LogP contribution in [0.2, 0.25) is 0 Å². The van der Waals surface area contributed by atoms with Gasteiger partial charge in [-0.05, 0) is 45.0 Å². The van der Waals surface area contributed by atoms with E-state index in [1.807, 2.05) is 13.1 Å². The first-order valence-electron chi connectivity index (χ1n) is 6.51. The molecule has 2 rings (SSSR count). The lowest BCUT2D eigenvalue weighted by Gasteiger charge is -2.15. The first-order valence-corrected chi connectivity index (χ1v) is 8.81. The maximum absolute atomic E-state index is 12.1. The van der Waals surface area contributed by atoms with Crippen LogP contribution in [0.25, 0.3) is 0 Å². The summed E-state index contributed by atoms with van der Waals surface area (Å²) in [5, 5.41) is 0. The van der Waals surface area contributed by atoms with Gasteiger partial charge in [0.05, 0.1) is 0 Å². The van der Waals surface area contributed by atoms with E-state index in [9.17, 15) is 8.42 Å². The average molecular weight is 303 g/mol. The van der Waals surface area contributed by atoms with Gasteiger partial charge in [0.15, 0.2) is 0 Å². The summed E-state index contributed by atoms with van der Waals surface area (Å²) in [5.41, 5.74) is 5.46. The molecule has 0 unspecified atom stereocenters. The molecule has 0 spiro atoms. The minimum Gasteiger partial charge on any atom is -0.330 e. The Bertz CT molecular complexity index is 509. The van der Waals surface area contributed by atoms with Crippen LogP contribution < -0.4 is 10.5 Å². The van der Waals surface area contributed by atoms with Crippen LogP contribution in [0.15, 0.2) is 16.3 Å². The van der Waals surface area contributed by atoms with Gasteiger partial charge in [-0.15, -0.1) is 11.3 Å². The molecule has 0 saturated heterocycles. The van der Waals surface area contributed by atoms with Crippen molar-refractivity contribution >= 4 is 21.4 Å². The maximum atomic E-state index is 12.1. The third kappa shape index (κ3) is 4.25. The van der Waals surface area contributed by atoms with Crippen molar-refractivity contribution in [1.82, 2.24) is 9.62 Å². The van der Waals surface area contributed by atoms with E-state index in [1.54, 1.807) is 6.07 Å². The summed E-state index contributed by atoms with van der Waals surface area (Å²) >= 11 is 1.30. The van der Waals surface area contributed by atoms with Gasteiger partial charge < -0.3 is 10.6 Å². The molecule has 0 amide bonds. The van der Waals surface area contributed by atoms with Gasteiger partial charge in [0.25, 0.3) is 0 Å². The summed E-state index contributed by atoms with van der Waals surface area (Å²) in [6.07, 6.45) is 3.19. The number of thiophene rings is 1. The fourth-order valence-electron chi connectivity index (χ4n) is 1.90. The number of nitrogens with two attached hydrogens (primary N) is 1. The molecule has 19 heavy (non-hydrogen) atoms. The monoisotopic (exact) mass is 303 g/mol. The molecule has 1 aromatic heterocycles. The van der Waals surface area contributed by atoms with E-state index in [2.05, 4.69) is 9.62 Å². The van der Waals surface area contributed by atoms with E-state index in [-0.39, 0.29) is 0 Å². The number of sulfonamides is 1. The molecule has 1 saturated carbocycles. The van der Waals surface area contributed by atoms with Crippen LogP contribution in [0.4, 0.5) is 0 Å². The second-order valence-corrected chi connectivity index (χ2v) is 8.03. The zero-order valence-corrected chi connectivity index (χ0v) is 12.8. The minimum atomic E-state index is -3.36.